The van der Waals surface area contributed by atoms with Gasteiger partial charge in [0.25, 0.3) is 0 Å². The summed E-state index contributed by atoms with van der Waals surface area (Å²) in [6.07, 6.45) is 1.99. The lowest BCUT2D eigenvalue weighted by atomic mass is 9.76. The molecule has 180 valence electrons. The minimum atomic E-state index is -0.989. The number of fused-ring (bicyclic) bond motifs is 3. The fraction of sp³-hybridized carbons (Fsp3) is 0.423. The maximum absolute atomic E-state index is 12.7. The van der Waals surface area contributed by atoms with E-state index in [2.05, 4.69) is 22.8 Å². The molecule has 0 saturated heterocycles. The van der Waals surface area contributed by atoms with Crippen LogP contribution in [0.5, 0.6) is 0 Å². The zero-order chi connectivity index (χ0) is 24.1. The standard InChI is InChI=1S/C26H30N2O6/c1-33-15-23(24(29)27-13-21(25(30)31)16-7-6-8-16)28-26(32)34-14-22-19-11-4-2-9-17(19)18-10-3-5-12-20(18)22/h2-5,9-12,16,21-23H,6-8,13-15H2,1H3,(H,27,29)(H,28,32)(H,30,31). The van der Waals surface area contributed by atoms with Crippen LogP contribution in [-0.4, -0.2) is 56.0 Å². The zero-order valence-electron chi connectivity index (χ0n) is 19.2. The van der Waals surface area contributed by atoms with Crippen molar-refractivity contribution in [3.8, 4) is 11.1 Å². The van der Waals surface area contributed by atoms with Crippen LogP contribution in [0.3, 0.4) is 0 Å². The van der Waals surface area contributed by atoms with Crippen LogP contribution in [0.25, 0.3) is 11.1 Å². The first-order chi connectivity index (χ1) is 16.5. The maximum atomic E-state index is 12.7. The molecule has 2 unspecified atom stereocenters. The molecule has 0 heterocycles. The SMILES string of the molecule is COCC(NC(=O)OCC1c2ccccc2-c2ccccc21)C(=O)NCC(C(=O)O)C1CCC1. The first-order valence-electron chi connectivity index (χ1n) is 11.6. The summed E-state index contributed by atoms with van der Waals surface area (Å²) in [5.74, 6) is -2.06. The molecule has 3 N–H and O–H groups in total. The highest BCUT2D eigenvalue weighted by molar-refractivity contribution is 5.86. The smallest absolute Gasteiger partial charge is 0.407 e. The van der Waals surface area contributed by atoms with Crippen LogP contribution in [-0.2, 0) is 19.1 Å². The van der Waals surface area contributed by atoms with Gasteiger partial charge in [0.15, 0.2) is 0 Å². The van der Waals surface area contributed by atoms with Crippen molar-refractivity contribution in [2.45, 2.75) is 31.2 Å². The molecule has 34 heavy (non-hydrogen) atoms. The Morgan fingerprint density at radius 1 is 1.03 bits per heavy atom. The molecule has 4 rings (SSSR count). The minimum absolute atomic E-state index is 0.0193. The first-order valence-corrected chi connectivity index (χ1v) is 11.6. The highest BCUT2D eigenvalue weighted by Gasteiger charge is 2.34. The topological polar surface area (TPSA) is 114 Å². The van der Waals surface area contributed by atoms with Crippen molar-refractivity contribution < 1.29 is 29.0 Å². The van der Waals surface area contributed by atoms with E-state index in [9.17, 15) is 19.5 Å². The summed E-state index contributed by atoms with van der Waals surface area (Å²) in [5, 5.41) is 14.7. The van der Waals surface area contributed by atoms with Crippen LogP contribution in [0, 0.1) is 11.8 Å². The highest BCUT2D eigenvalue weighted by atomic mass is 16.5. The van der Waals surface area contributed by atoms with E-state index >= 15 is 0 Å². The number of benzene rings is 2. The van der Waals surface area contributed by atoms with Crippen molar-refractivity contribution in [1.82, 2.24) is 10.6 Å². The molecule has 8 nitrogen and oxygen atoms in total. The first kappa shape index (κ1) is 23.8. The summed E-state index contributed by atoms with van der Waals surface area (Å²) in [6, 6.07) is 15.1. The van der Waals surface area contributed by atoms with Crippen molar-refractivity contribution in [2.75, 3.05) is 26.9 Å². The number of hydrogen-bond acceptors (Lipinski definition) is 5. The Balaban J connectivity index is 1.34. The van der Waals surface area contributed by atoms with E-state index in [0.717, 1.165) is 41.5 Å². The summed E-state index contributed by atoms with van der Waals surface area (Å²) in [6.45, 7) is 0.0898. The van der Waals surface area contributed by atoms with Crippen LogP contribution in [0.1, 0.15) is 36.3 Å². The molecule has 0 radical (unpaired) electrons. The van der Waals surface area contributed by atoms with Gasteiger partial charge >= 0.3 is 12.1 Å². The van der Waals surface area contributed by atoms with E-state index in [0.29, 0.717) is 0 Å². The largest absolute Gasteiger partial charge is 0.481 e. The molecule has 2 aromatic rings. The Hall–Kier alpha value is -3.39. The van der Waals surface area contributed by atoms with Crippen LogP contribution in [0.2, 0.25) is 0 Å². The lowest BCUT2D eigenvalue weighted by Gasteiger charge is -2.31. The number of nitrogens with one attached hydrogen (secondary N) is 2. The Kier molecular flexibility index (Phi) is 7.47. The minimum Gasteiger partial charge on any atom is -0.481 e. The van der Waals surface area contributed by atoms with Crippen molar-refractivity contribution in [3.63, 3.8) is 0 Å². The predicted molar refractivity (Wildman–Crippen MR) is 125 cm³/mol. The van der Waals surface area contributed by atoms with Crippen molar-refractivity contribution in [1.29, 1.82) is 0 Å². The third-order valence-corrected chi connectivity index (χ3v) is 6.82. The maximum Gasteiger partial charge on any atom is 0.407 e. The summed E-state index contributed by atoms with van der Waals surface area (Å²) in [4.78, 5) is 36.8. The third kappa shape index (κ3) is 5.07. The monoisotopic (exact) mass is 466 g/mol. The predicted octanol–water partition coefficient (Wildman–Crippen LogP) is 3.16. The van der Waals surface area contributed by atoms with Gasteiger partial charge < -0.3 is 25.2 Å². The van der Waals surface area contributed by atoms with E-state index in [1.165, 1.54) is 7.11 Å². The number of carboxylic acids is 1. The molecule has 2 aliphatic rings. The molecule has 0 spiro atoms. The lowest BCUT2D eigenvalue weighted by Crippen LogP contribution is -2.51. The van der Waals surface area contributed by atoms with Crippen LogP contribution in [0.15, 0.2) is 48.5 Å². The normalized spacial score (nSPS) is 16.5. The van der Waals surface area contributed by atoms with Gasteiger partial charge in [0.2, 0.25) is 5.91 Å². The number of amides is 2. The molecule has 2 amide bonds. The summed E-state index contributed by atoms with van der Waals surface area (Å²) in [7, 11) is 1.42. The second kappa shape index (κ2) is 10.7. The number of alkyl carbamates (subject to hydrolysis) is 1. The fourth-order valence-corrected chi connectivity index (χ4v) is 4.76. The number of hydrogen-bond donors (Lipinski definition) is 3. The Morgan fingerprint density at radius 2 is 1.65 bits per heavy atom. The van der Waals surface area contributed by atoms with Crippen molar-refractivity contribution in [2.24, 2.45) is 11.8 Å². The molecular weight excluding hydrogens is 436 g/mol. The number of carbonyl (C=O) groups is 3. The summed E-state index contributed by atoms with van der Waals surface area (Å²) < 4.78 is 10.6. The molecule has 2 atom stereocenters. The van der Waals surface area contributed by atoms with Crippen molar-refractivity contribution in [3.05, 3.63) is 59.7 Å². The Bertz CT molecular complexity index is 1010. The number of carbonyl (C=O) groups excluding carboxylic acids is 2. The summed E-state index contributed by atoms with van der Waals surface area (Å²) >= 11 is 0. The average molecular weight is 467 g/mol. The van der Waals surface area contributed by atoms with E-state index < -0.39 is 29.9 Å². The van der Waals surface area contributed by atoms with Gasteiger partial charge in [-0.1, -0.05) is 55.0 Å². The van der Waals surface area contributed by atoms with E-state index in [1.54, 1.807) is 0 Å². The number of ether oxygens (including phenoxy) is 2. The van der Waals surface area contributed by atoms with Crippen molar-refractivity contribution >= 4 is 18.0 Å². The van der Waals surface area contributed by atoms with Gasteiger partial charge in [-0.05, 0) is 41.0 Å². The number of aliphatic carboxylic acids is 1. The quantitative estimate of drug-likeness (QED) is 0.496. The van der Waals surface area contributed by atoms with E-state index in [1.807, 2.05) is 36.4 Å². The third-order valence-electron chi connectivity index (χ3n) is 6.82. The highest BCUT2D eigenvalue weighted by Crippen LogP contribution is 2.44. The Morgan fingerprint density at radius 3 is 2.18 bits per heavy atom. The zero-order valence-corrected chi connectivity index (χ0v) is 19.2. The fourth-order valence-electron chi connectivity index (χ4n) is 4.76. The van der Waals surface area contributed by atoms with Gasteiger partial charge in [0, 0.05) is 19.6 Å². The second-order valence-electron chi connectivity index (χ2n) is 8.86. The number of methoxy groups -OCH3 is 1. The van der Waals surface area contributed by atoms with Gasteiger partial charge in [-0.3, -0.25) is 9.59 Å². The number of carboxylic acid groups (broad SMARTS) is 1. The van der Waals surface area contributed by atoms with Crippen LogP contribution < -0.4 is 10.6 Å². The molecular formula is C26H30N2O6. The molecule has 0 bridgehead atoms. The Labute approximate surface area is 198 Å². The summed E-state index contributed by atoms with van der Waals surface area (Å²) in [5.41, 5.74) is 4.45. The molecule has 0 aromatic heterocycles. The van der Waals surface area contributed by atoms with E-state index in [-0.39, 0.29) is 31.6 Å². The van der Waals surface area contributed by atoms with Crippen LogP contribution >= 0.6 is 0 Å². The van der Waals surface area contributed by atoms with Gasteiger partial charge in [0.05, 0.1) is 12.5 Å². The second-order valence-corrected chi connectivity index (χ2v) is 8.86. The molecule has 1 fully saturated rings. The molecule has 2 aliphatic carbocycles. The molecule has 0 aliphatic heterocycles. The average Bonchev–Trinajstić information content (AvgIpc) is 3.12. The van der Waals surface area contributed by atoms with E-state index in [4.69, 9.17) is 9.47 Å². The van der Waals surface area contributed by atoms with Gasteiger partial charge in [0.1, 0.15) is 12.6 Å². The molecule has 1 saturated carbocycles. The van der Waals surface area contributed by atoms with Crippen LogP contribution in [0.4, 0.5) is 4.79 Å². The van der Waals surface area contributed by atoms with Gasteiger partial charge in [-0.15, -0.1) is 0 Å². The van der Waals surface area contributed by atoms with Gasteiger partial charge in [-0.25, -0.2) is 4.79 Å². The van der Waals surface area contributed by atoms with Gasteiger partial charge in [-0.2, -0.15) is 0 Å². The molecule has 2 aromatic carbocycles. The number of rotatable bonds is 10. The molecule has 8 heteroatoms. The lowest BCUT2D eigenvalue weighted by molar-refractivity contribution is -0.145.